The Bertz CT molecular complexity index is 6270. The molecule has 0 saturated heterocycles. The second-order valence-electron chi connectivity index (χ2n) is 23.2. The summed E-state index contributed by atoms with van der Waals surface area (Å²) in [5.74, 6) is 1.43. The molecule has 0 radical (unpaired) electrons. The highest BCUT2D eigenvalue weighted by atomic mass is 32.1. The fraction of sp³-hybridized carbons (Fsp3) is 0. The van der Waals surface area contributed by atoms with Gasteiger partial charge in [0, 0.05) is 74.7 Å². The second kappa shape index (κ2) is 19.9. The van der Waals surface area contributed by atoms with Gasteiger partial charge in [0.25, 0.3) is 0 Å². The first-order valence-corrected chi connectivity index (χ1v) is 31.2. The Labute approximate surface area is 523 Å². The van der Waals surface area contributed by atoms with Crippen LogP contribution in [-0.2, 0) is 0 Å². The summed E-state index contributed by atoms with van der Waals surface area (Å²) in [6.07, 6.45) is 0. The van der Waals surface area contributed by atoms with Crippen molar-refractivity contribution in [1.82, 2.24) is 24.1 Å². The summed E-state index contributed by atoms with van der Waals surface area (Å²) in [5, 5.41) is 10.3. The number of rotatable bonds is 8. The Morgan fingerprint density at radius 3 is 1.36 bits per heavy atom. The topological polar surface area (TPSA) is 79.2 Å². The largest absolute Gasteiger partial charge is 0.455 e. The van der Waals surface area contributed by atoms with Gasteiger partial charge in [-0.05, 0) is 107 Å². The fourth-order valence-electron chi connectivity index (χ4n) is 14.2. The van der Waals surface area contributed by atoms with E-state index in [4.69, 9.17) is 23.8 Å². The maximum absolute atomic E-state index is 9.65. The van der Waals surface area contributed by atoms with E-state index in [1.54, 1.807) is 11.3 Å². The van der Waals surface area contributed by atoms with E-state index in [9.17, 15) is 6.57 Å². The fourth-order valence-corrected chi connectivity index (χ4v) is 15.4. The number of para-hydroxylation sites is 2. The molecule has 91 heavy (non-hydrogen) atoms. The van der Waals surface area contributed by atoms with Crippen LogP contribution in [0.2, 0.25) is 0 Å². The Hall–Kier alpha value is -12.2. The third-order valence-corrected chi connectivity index (χ3v) is 19.4. The molecule has 19 rings (SSSR count). The number of hydrogen-bond donors (Lipinski definition) is 0. The Balaban J connectivity index is 1.02. The Morgan fingerprint density at radius 1 is 0.330 bits per heavy atom. The van der Waals surface area contributed by atoms with Crippen LogP contribution in [-0.4, -0.2) is 24.1 Å². The predicted octanol–water partition coefficient (Wildman–Crippen LogP) is 22.8. The number of benzene rings is 13. The summed E-state index contributed by atoms with van der Waals surface area (Å²) in [5.41, 5.74) is 17.0. The minimum atomic E-state index is 0.398. The smallest absolute Gasteiger partial charge is 0.212 e. The summed E-state index contributed by atoms with van der Waals surface area (Å²) < 4.78 is 21.1. The van der Waals surface area contributed by atoms with Crippen molar-refractivity contribution < 1.29 is 8.83 Å². The zero-order valence-electron chi connectivity index (χ0n) is 48.5. The molecule has 6 heterocycles. The van der Waals surface area contributed by atoms with Crippen molar-refractivity contribution in [3.63, 3.8) is 0 Å². The third kappa shape index (κ3) is 7.70. The van der Waals surface area contributed by atoms with E-state index in [0.29, 0.717) is 34.4 Å². The average Bonchev–Trinajstić information content (AvgIpc) is 1.58. The molecular formula is C82H46N6O2S. The molecule has 0 unspecified atom stereocenters. The summed E-state index contributed by atoms with van der Waals surface area (Å²) >= 11 is 1.74. The van der Waals surface area contributed by atoms with Gasteiger partial charge in [-0.2, -0.15) is 0 Å². The van der Waals surface area contributed by atoms with Gasteiger partial charge in [-0.1, -0.05) is 200 Å². The quantitative estimate of drug-likeness (QED) is 0.142. The van der Waals surface area contributed by atoms with Crippen LogP contribution >= 0.6 is 11.3 Å². The van der Waals surface area contributed by atoms with Gasteiger partial charge in [0.2, 0.25) is 5.69 Å². The van der Waals surface area contributed by atoms with Crippen LogP contribution in [0.5, 0.6) is 0 Å². The number of nitrogens with zero attached hydrogens (tertiary/aromatic N) is 6. The molecule has 9 heteroatoms. The minimum absolute atomic E-state index is 0.398. The highest BCUT2D eigenvalue weighted by Gasteiger charge is 2.32. The number of fused-ring (bicyclic) bond motifs is 17. The van der Waals surface area contributed by atoms with Crippen LogP contribution in [0.25, 0.3) is 191 Å². The molecule has 13 aromatic carbocycles. The molecule has 6 aromatic heterocycles. The van der Waals surface area contributed by atoms with E-state index in [1.807, 2.05) is 60.7 Å². The molecule has 0 amide bonds. The molecule has 0 spiro atoms. The highest BCUT2D eigenvalue weighted by Crippen LogP contribution is 2.53. The van der Waals surface area contributed by atoms with E-state index in [2.05, 4.69) is 232 Å². The van der Waals surface area contributed by atoms with E-state index in [-0.39, 0.29) is 0 Å². The molecular weight excluding hydrogens is 1130 g/mol. The van der Waals surface area contributed by atoms with Crippen molar-refractivity contribution in [2.75, 3.05) is 0 Å². The molecule has 422 valence electrons. The lowest BCUT2D eigenvalue weighted by molar-refractivity contribution is 0.672. The van der Waals surface area contributed by atoms with Crippen LogP contribution in [0.1, 0.15) is 0 Å². The first-order chi connectivity index (χ1) is 45.1. The van der Waals surface area contributed by atoms with Crippen LogP contribution in [0, 0.1) is 6.57 Å². The molecule has 0 N–H and O–H groups in total. The van der Waals surface area contributed by atoms with Gasteiger partial charge in [-0.15, -0.1) is 11.3 Å². The highest BCUT2D eigenvalue weighted by molar-refractivity contribution is 7.26. The van der Waals surface area contributed by atoms with Crippen molar-refractivity contribution >= 4 is 125 Å². The number of furan rings is 2. The van der Waals surface area contributed by atoms with Crippen LogP contribution in [0.4, 0.5) is 5.69 Å². The van der Waals surface area contributed by atoms with Gasteiger partial charge >= 0.3 is 0 Å². The first kappa shape index (κ1) is 50.9. The van der Waals surface area contributed by atoms with Crippen LogP contribution < -0.4 is 0 Å². The van der Waals surface area contributed by atoms with Gasteiger partial charge in [-0.25, -0.2) is 19.8 Å². The number of hydrogen-bond acceptors (Lipinski definition) is 6. The van der Waals surface area contributed by atoms with E-state index in [0.717, 1.165) is 148 Å². The summed E-state index contributed by atoms with van der Waals surface area (Å²) in [4.78, 5) is 21.4. The second-order valence-corrected chi connectivity index (χ2v) is 24.2. The SMILES string of the molecule is [C-]#[N+]c1cc(-c2nc(-c3ccccc3)nc(-c3cccc4c3sc3ccccc34)n2)c(-n2c3ccc(-c4ccccc4)cc3c3c4oc5ccccc5c4ccc32)c(-c2ccccc2)c1-n1c2ccc(-c3ccccc3)cc2c2c3oc4ccccc4c3ccc21. The third-order valence-electron chi connectivity index (χ3n) is 18.2. The number of aromatic nitrogens is 5. The maximum atomic E-state index is 9.65. The average molecular weight is 1180 g/mol. The standard InChI is InChI=1S/C82H46N6O2S/c1-83-64-47-63(82-85-80(51-27-12-5-13-28-51)84-81(86-82)60-33-20-32-59-56-31-16-19-36-71(56)91-79(59)60)75(87-65-41-37-52(48-21-6-2-7-22-48)45-61(65)73-67(87)43-39-57-54-29-14-17-34-69(54)89-77(57)73)72(50-25-10-4-11-26-50)76(64)88-66-42-38-53(49-23-8-3-9-24-49)46-62(66)74-68(88)44-40-58-55-30-15-18-35-70(55)90-78(58)74/h2-47H. The van der Waals surface area contributed by atoms with Gasteiger partial charge in [0.15, 0.2) is 17.5 Å². The molecule has 0 aliphatic rings. The lowest BCUT2D eigenvalue weighted by Gasteiger charge is -2.24. The molecule has 0 fully saturated rings. The summed E-state index contributed by atoms with van der Waals surface area (Å²) in [6, 6.07) is 97.6. The molecule has 19 aromatic rings. The van der Waals surface area contributed by atoms with Gasteiger partial charge in [0.1, 0.15) is 22.3 Å². The normalized spacial score (nSPS) is 11.9. The molecule has 0 saturated carbocycles. The van der Waals surface area contributed by atoms with Gasteiger partial charge in [-0.3, -0.25) is 0 Å². The Morgan fingerprint density at radius 2 is 0.791 bits per heavy atom. The summed E-state index contributed by atoms with van der Waals surface area (Å²) in [7, 11) is 0. The molecule has 0 aliphatic carbocycles. The van der Waals surface area contributed by atoms with E-state index >= 15 is 0 Å². The maximum Gasteiger partial charge on any atom is 0.212 e. The monoisotopic (exact) mass is 1180 g/mol. The summed E-state index contributed by atoms with van der Waals surface area (Å²) in [6.45, 7) is 9.65. The zero-order chi connectivity index (χ0) is 59.8. The van der Waals surface area contributed by atoms with Crippen LogP contribution in [0.15, 0.2) is 288 Å². The zero-order valence-corrected chi connectivity index (χ0v) is 49.3. The molecule has 0 bridgehead atoms. The lowest BCUT2D eigenvalue weighted by atomic mass is 9.94. The van der Waals surface area contributed by atoms with Crippen molar-refractivity contribution in [3.05, 3.63) is 290 Å². The first-order valence-electron chi connectivity index (χ1n) is 30.3. The molecule has 0 atom stereocenters. The number of thiophene rings is 1. The lowest BCUT2D eigenvalue weighted by Crippen LogP contribution is -2.08. The molecule has 0 aliphatic heterocycles. The van der Waals surface area contributed by atoms with Crippen molar-refractivity contribution in [3.8, 4) is 78.9 Å². The van der Waals surface area contributed by atoms with Crippen molar-refractivity contribution in [2.24, 2.45) is 0 Å². The Kier molecular flexibility index (Phi) is 11.1. The predicted molar refractivity (Wildman–Crippen MR) is 375 cm³/mol. The van der Waals surface area contributed by atoms with Crippen LogP contribution in [0.3, 0.4) is 0 Å². The minimum Gasteiger partial charge on any atom is -0.455 e. The van der Waals surface area contributed by atoms with Crippen molar-refractivity contribution in [2.45, 2.75) is 0 Å². The van der Waals surface area contributed by atoms with Crippen molar-refractivity contribution in [1.29, 1.82) is 0 Å². The van der Waals surface area contributed by atoms with E-state index < -0.39 is 0 Å². The van der Waals surface area contributed by atoms with E-state index in [1.165, 1.54) is 10.1 Å². The van der Waals surface area contributed by atoms with Gasteiger partial charge in [0.05, 0.1) is 50.8 Å². The molecule has 8 nitrogen and oxygen atoms in total. The van der Waals surface area contributed by atoms with Gasteiger partial charge < -0.3 is 18.0 Å².